The maximum Gasteiger partial charge on any atom is 0.214 e. The summed E-state index contributed by atoms with van der Waals surface area (Å²) in [7, 11) is 0. The van der Waals surface area contributed by atoms with E-state index in [1.807, 2.05) is 30.3 Å². The minimum Gasteiger partial charge on any atom is -0.338 e. The minimum atomic E-state index is -0.506. The molecule has 0 radical (unpaired) electrons. The van der Waals surface area contributed by atoms with E-state index in [0.29, 0.717) is 5.82 Å². The van der Waals surface area contributed by atoms with Crippen molar-refractivity contribution in [1.29, 1.82) is 0 Å². The first kappa shape index (κ1) is 10.7. The van der Waals surface area contributed by atoms with Crippen molar-refractivity contribution in [2.75, 3.05) is 5.32 Å². The molecule has 2 aromatic heterocycles. The van der Waals surface area contributed by atoms with Crippen molar-refractivity contribution in [2.45, 2.75) is 0 Å². The Kier molecular flexibility index (Phi) is 2.61. The van der Waals surface area contributed by atoms with Crippen LogP contribution in [-0.4, -0.2) is 9.97 Å². The Morgan fingerprint density at radius 3 is 2.67 bits per heavy atom. The first-order valence-electron chi connectivity index (χ1n) is 5.56. The number of nitrogens with one attached hydrogen (secondary N) is 1. The third kappa shape index (κ3) is 2.00. The van der Waals surface area contributed by atoms with Gasteiger partial charge in [-0.05, 0) is 24.3 Å². The minimum absolute atomic E-state index is 0.466. The van der Waals surface area contributed by atoms with Crippen LogP contribution in [-0.2, 0) is 0 Å². The van der Waals surface area contributed by atoms with Crippen molar-refractivity contribution in [1.82, 2.24) is 9.97 Å². The predicted octanol–water partition coefficient (Wildman–Crippen LogP) is 3.51. The van der Waals surface area contributed by atoms with Crippen molar-refractivity contribution < 1.29 is 4.39 Å². The maximum atomic E-state index is 13.0. The molecule has 0 aliphatic carbocycles. The van der Waals surface area contributed by atoms with Gasteiger partial charge in [0, 0.05) is 11.6 Å². The number of para-hydroxylation sites is 1. The van der Waals surface area contributed by atoms with E-state index in [0.717, 1.165) is 16.6 Å². The number of benzene rings is 1. The van der Waals surface area contributed by atoms with Crippen LogP contribution in [0.4, 0.5) is 15.9 Å². The fourth-order valence-corrected chi connectivity index (χ4v) is 1.82. The van der Waals surface area contributed by atoms with E-state index in [1.54, 1.807) is 18.3 Å². The molecule has 0 spiro atoms. The molecular weight excluding hydrogens is 229 g/mol. The summed E-state index contributed by atoms with van der Waals surface area (Å²) in [6, 6.07) is 14.3. The molecule has 0 unspecified atom stereocenters. The van der Waals surface area contributed by atoms with Crippen molar-refractivity contribution in [3.05, 3.63) is 60.7 Å². The van der Waals surface area contributed by atoms with Gasteiger partial charge >= 0.3 is 0 Å². The average molecular weight is 239 g/mol. The molecule has 0 saturated heterocycles. The third-order valence-electron chi connectivity index (χ3n) is 2.61. The number of fused-ring (bicyclic) bond motifs is 1. The monoisotopic (exact) mass is 239 g/mol. The predicted molar refractivity (Wildman–Crippen MR) is 69.2 cm³/mol. The Hall–Kier alpha value is -2.49. The lowest BCUT2D eigenvalue weighted by atomic mass is 10.2. The summed E-state index contributed by atoms with van der Waals surface area (Å²) in [6.07, 6.45) is 1.73. The number of anilines is 2. The molecule has 3 aromatic rings. The van der Waals surface area contributed by atoms with Crippen molar-refractivity contribution in [3.63, 3.8) is 0 Å². The van der Waals surface area contributed by atoms with Crippen molar-refractivity contribution in [3.8, 4) is 0 Å². The number of hydrogen-bond acceptors (Lipinski definition) is 3. The molecule has 0 saturated carbocycles. The number of rotatable bonds is 2. The van der Waals surface area contributed by atoms with Gasteiger partial charge in [-0.25, -0.2) is 4.98 Å². The number of nitrogens with zero attached hydrogens (tertiary/aromatic N) is 2. The second-order valence-electron chi connectivity index (χ2n) is 3.85. The Labute approximate surface area is 103 Å². The Bertz CT molecular complexity index is 692. The summed E-state index contributed by atoms with van der Waals surface area (Å²) in [6.45, 7) is 0. The molecule has 0 fully saturated rings. The van der Waals surface area contributed by atoms with Crippen LogP contribution in [0.1, 0.15) is 0 Å². The first-order valence-corrected chi connectivity index (χ1v) is 5.56. The maximum absolute atomic E-state index is 13.0. The van der Waals surface area contributed by atoms with Gasteiger partial charge in [-0.3, -0.25) is 4.98 Å². The van der Waals surface area contributed by atoms with Crippen LogP contribution >= 0.6 is 0 Å². The van der Waals surface area contributed by atoms with Gasteiger partial charge in [0.05, 0.1) is 11.2 Å². The molecule has 88 valence electrons. The zero-order chi connectivity index (χ0) is 12.4. The quantitative estimate of drug-likeness (QED) is 0.695. The molecule has 2 heterocycles. The molecule has 4 heteroatoms. The standard InChI is InChI=1S/C14H10FN3/c15-12-7-2-8-13(18-12)17-11-6-1-4-10-5-3-9-16-14(10)11/h1-9H,(H,17,18). The molecular formula is C14H10FN3. The van der Waals surface area contributed by atoms with Crippen LogP contribution in [0, 0.1) is 5.95 Å². The highest BCUT2D eigenvalue weighted by Gasteiger charge is 2.03. The van der Waals surface area contributed by atoms with Crippen molar-refractivity contribution >= 4 is 22.4 Å². The van der Waals surface area contributed by atoms with Crippen LogP contribution in [0.5, 0.6) is 0 Å². The molecule has 3 rings (SSSR count). The lowest BCUT2D eigenvalue weighted by molar-refractivity contribution is 0.585. The summed E-state index contributed by atoms with van der Waals surface area (Å²) in [5.74, 6) is -0.0404. The van der Waals surface area contributed by atoms with Gasteiger partial charge in [0.1, 0.15) is 5.82 Å². The fourth-order valence-electron chi connectivity index (χ4n) is 1.82. The van der Waals surface area contributed by atoms with Gasteiger partial charge < -0.3 is 5.32 Å². The smallest absolute Gasteiger partial charge is 0.214 e. The number of aromatic nitrogens is 2. The molecule has 0 aliphatic heterocycles. The van der Waals surface area contributed by atoms with Crippen LogP contribution < -0.4 is 5.32 Å². The summed E-state index contributed by atoms with van der Waals surface area (Å²) in [5.41, 5.74) is 1.65. The van der Waals surface area contributed by atoms with E-state index in [2.05, 4.69) is 15.3 Å². The van der Waals surface area contributed by atoms with E-state index >= 15 is 0 Å². The molecule has 0 bridgehead atoms. The molecule has 3 nitrogen and oxygen atoms in total. The fraction of sp³-hybridized carbons (Fsp3) is 0. The SMILES string of the molecule is Fc1cccc(Nc2cccc3cccnc23)n1. The van der Waals surface area contributed by atoms with Crippen molar-refractivity contribution in [2.24, 2.45) is 0 Å². The summed E-state index contributed by atoms with van der Waals surface area (Å²) >= 11 is 0. The second kappa shape index (κ2) is 4.41. The Morgan fingerprint density at radius 1 is 0.944 bits per heavy atom. The zero-order valence-electron chi connectivity index (χ0n) is 9.47. The molecule has 1 N–H and O–H groups in total. The van der Waals surface area contributed by atoms with Crippen LogP contribution in [0.15, 0.2) is 54.7 Å². The lowest BCUT2D eigenvalue weighted by Gasteiger charge is -2.07. The highest BCUT2D eigenvalue weighted by molar-refractivity contribution is 5.91. The number of halogens is 1. The molecule has 1 aromatic carbocycles. The first-order chi connectivity index (χ1) is 8.83. The third-order valence-corrected chi connectivity index (χ3v) is 2.61. The van der Waals surface area contributed by atoms with E-state index in [1.165, 1.54) is 6.07 Å². The molecule has 18 heavy (non-hydrogen) atoms. The van der Waals surface area contributed by atoms with Gasteiger partial charge in [-0.2, -0.15) is 4.39 Å². The van der Waals surface area contributed by atoms with Gasteiger partial charge in [0.2, 0.25) is 5.95 Å². The van der Waals surface area contributed by atoms with Crippen LogP contribution in [0.3, 0.4) is 0 Å². The number of pyridine rings is 2. The van der Waals surface area contributed by atoms with E-state index in [-0.39, 0.29) is 0 Å². The molecule has 0 aliphatic rings. The Morgan fingerprint density at radius 2 is 1.78 bits per heavy atom. The van der Waals surface area contributed by atoms with Gasteiger partial charge in [0.25, 0.3) is 0 Å². The van der Waals surface area contributed by atoms with Gasteiger partial charge in [-0.15, -0.1) is 0 Å². The Balaban J connectivity index is 2.05. The highest BCUT2D eigenvalue weighted by atomic mass is 19.1. The molecule has 0 amide bonds. The second-order valence-corrected chi connectivity index (χ2v) is 3.85. The summed E-state index contributed by atoms with van der Waals surface area (Å²) < 4.78 is 13.0. The van der Waals surface area contributed by atoms with E-state index in [9.17, 15) is 4.39 Å². The van der Waals surface area contributed by atoms with Crippen LogP contribution in [0.25, 0.3) is 10.9 Å². The topological polar surface area (TPSA) is 37.8 Å². The zero-order valence-corrected chi connectivity index (χ0v) is 9.47. The molecule has 0 atom stereocenters. The summed E-state index contributed by atoms with van der Waals surface area (Å²) in [5, 5.41) is 4.10. The number of hydrogen-bond donors (Lipinski definition) is 1. The van der Waals surface area contributed by atoms with E-state index in [4.69, 9.17) is 0 Å². The van der Waals surface area contributed by atoms with Gasteiger partial charge in [0.15, 0.2) is 0 Å². The average Bonchev–Trinajstić information content (AvgIpc) is 2.39. The van der Waals surface area contributed by atoms with E-state index < -0.39 is 5.95 Å². The van der Waals surface area contributed by atoms with Crippen LogP contribution in [0.2, 0.25) is 0 Å². The lowest BCUT2D eigenvalue weighted by Crippen LogP contribution is -1.96. The van der Waals surface area contributed by atoms with Gasteiger partial charge in [-0.1, -0.05) is 24.3 Å². The summed E-state index contributed by atoms with van der Waals surface area (Å²) in [4.78, 5) is 8.09. The normalized spacial score (nSPS) is 10.5. The highest BCUT2D eigenvalue weighted by Crippen LogP contribution is 2.23. The largest absolute Gasteiger partial charge is 0.338 e.